The molecule has 1 fully saturated rings. The minimum absolute atomic E-state index is 0.0470. The highest BCUT2D eigenvalue weighted by Gasteiger charge is 2.39. The molecular weight excluding hydrogens is 641 g/mol. The Kier molecular flexibility index (Phi) is 14.4. The van der Waals surface area contributed by atoms with E-state index in [-0.39, 0.29) is 49.4 Å². The van der Waals surface area contributed by atoms with Crippen molar-refractivity contribution in [1.82, 2.24) is 5.32 Å². The Labute approximate surface area is 274 Å². The molecule has 1 aliphatic carbocycles. The number of carbonyl (C=O) groups is 2. The lowest BCUT2D eigenvalue weighted by Gasteiger charge is -2.19. The predicted molar refractivity (Wildman–Crippen MR) is 165 cm³/mol. The van der Waals surface area contributed by atoms with E-state index >= 15 is 0 Å². The number of benzene rings is 2. The van der Waals surface area contributed by atoms with E-state index in [0.29, 0.717) is 24.8 Å². The van der Waals surface area contributed by atoms with Gasteiger partial charge in [-0.3, -0.25) is 4.79 Å². The van der Waals surface area contributed by atoms with Gasteiger partial charge in [0.15, 0.2) is 0 Å². The number of allylic oxidation sites excluding steroid dienone is 2. The maximum atomic E-state index is 12.9. The summed E-state index contributed by atoms with van der Waals surface area (Å²) >= 11 is 0. The molecule has 0 aromatic heterocycles. The fraction of sp³-hybridized carbons (Fsp3) is 0.455. The van der Waals surface area contributed by atoms with Gasteiger partial charge >= 0.3 is 12.1 Å². The Balaban J connectivity index is 1.38. The van der Waals surface area contributed by atoms with Crippen LogP contribution in [-0.4, -0.2) is 63.2 Å². The highest BCUT2D eigenvalue weighted by Crippen LogP contribution is 2.36. The van der Waals surface area contributed by atoms with Crippen LogP contribution in [0.15, 0.2) is 72.8 Å². The highest BCUT2D eigenvalue weighted by molar-refractivity contribution is 5.85. The van der Waals surface area contributed by atoms with E-state index in [1.807, 2.05) is 12.2 Å². The smallest absolute Gasteiger partial charge is 0.416 e. The van der Waals surface area contributed by atoms with Crippen molar-refractivity contribution in [3.8, 4) is 11.5 Å². The van der Waals surface area contributed by atoms with Gasteiger partial charge in [0.1, 0.15) is 36.9 Å². The molecule has 1 aliphatic rings. The Bertz CT molecular complexity index is 1430. The molecule has 0 heterocycles. The van der Waals surface area contributed by atoms with Crippen LogP contribution >= 0.6 is 0 Å². The maximum absolute atomic E-state index is 12.9. The van der Waals surface area contributed by atoms with Crippen molar-refractivity contribution in [2.75, 3.05) is 6.61 Å². The van der Waals surface area contributed by atoms with Gasteiger partial charge in [0.2, 0.25) is 5.91 Å². The number of aliphatic hydroxyl groups is 3. The number of amides is 1. The third kappa shape index (κ3) is 12.6. The molecule has 0 radical (unpaired) electrons. The van der Waals surface area contributed by atoms with Crippen molar-refractivity contribution >= 4 is 11.9 Å². The number of nitrogens with zero attached hydrogens (tertiary/aromatic N) is 1. The van der Waals surface area contributed by atoms with Crippen LogP contribution in [0.3, 0.4) is 0 Å². The molecule has 48 heavy (non-hydrogen) atoms. The van der Waals surface area contributed by atoms with E-state index in [0.717, 1.165) is 12.1 Å². The molecule has 2 aromatic carbocycles. The van der Waals surface area contributed by atoms with Crippen molar-refractivity contribution in [3.63, 3.8) is 0 Å². The van der Waals surface area contributed by atoms with Gasteiger partial charge in [-0.05, 0) is 68.0 Å². The quantitative estimate of drug-likeness (QED) is 0.0471. The number of hydrogen-bond donors (Lipinski definition) is 4. The number of esters is 1. The standard InChI is InChI=1S/C33H39F3N2O10/c1-21(32(43)48-26-11-6-8-22(16-26)19-47-38(44)45)37-31(42)13-5-3-2-4-12-27-28(30(41)18-29(27)40)15-14-24(39)20-46-25-10-7-9-23(17-25)33(34,35)36/h2,4,6-11,14-17,21,24,27-30,39-41H,3,5,12-13,18-20H2,1H3,(H,37,42)/b4-2-,15-14+/t21?,24-,27-,28-,29+,30-/m1/s1. The second-order valence-corrected chi connectivity index (χ2v) is 11.4. The van der Waals surface area contributed by atoms with Crippen molar-refractivity contribution in [3.05, 3.63) is 94.1 Å². The molecule has 0 spiro atoms. The Morgan fingerprint density at radius 2 is 1.83 bits per heavy atom. The van der Waals surface area contributed by atoms with E-state index in [9.17, 15) is 48.2 Å². The Hall–Kier alpha value is -4.47. The number of rotatable bonds is 17. The van der Waals surface area contributed by atoms with Crippen LogP contribution < -0.4 is 14.8 Å². The molecule has 6 atom stereocenters. The van der Waals surface area contributed by atoms with E-state index in [4.69, 9.17) is 9.47 Å². The van der Waals surface area contributed by atoms with Crippen LogP contribution in [0.5, 0.6) is 11.5 Å². The van der Waals surface area contributed by atoms with Crippen molar-refractivity contribution in [2.24, 2.45) is 11.8 Å². The zero-order chi connectivity index (χ0) is 35.3. The summed E-state index contributed by atoms with van der Waals surface area (Å²) < 4.78 is 49.2. The van der Waals surface area contributed by atoms with Crippen LogP contribution in [0, 0.1) is 22.0 Å². The first kappa shape index (κ1) is 38.0. The normalized spacial score (nSPS) is 20.8. The Morgan fingerprint density at radius 1 is 1.10 bits per heavy atom. The zero-order valence-electron chi connectivity index (χ0n) is 26.1. The van der Waals surface area contributed by atoms with Gasteiger partial charge in [-0.15, -0.1) is 10.1 Å². The van der Waals surface area contributed by atoms with Crippen molar-refractivity contribution in [2.45, 2.75) is 76.2 Å². The topological polar surface area (TPSA) is 178 Å². The zero-order valence-corrected chi connectivity index (χ0v) is 26.1. The van der Waals surface area contributed by atoms with Crippen LogP contribution in [-0.2, 0) is 27.2 Å². The number of halogens is 3. The van der Waals surface area contributed by atoms with Gasteiger partial charge in [-0.1, -0.05) is 42.5 Å². The van der Waals surface area contributed by atoms with E-state index in [1.54, 1.807) is 18.2 Å². The number of alkyl halides is 3. The molecule has 0 aliphatic heterocycles. The second kappa shape index (κ2) is 18.2. The summed E-state index contributed by atoms with van der Waals surface area (Å²) in [5.41, 5.74) is -0.447. The first-order valence-corrected chi connectivity index (χ1v) is 15.3. The number of ether oxygens (including phenoxy) is 2. The SMILES string of the molecule is CC(NC(=O)CCC/C=C\C[C@@H]1[C@@H](/C=C/[C@@H](O)COc2cccc(C(F)(F)F)c2)[C@H](O)C[C@@H]1O)C(=O)Oc1cccc(CO[N+](=O)[O-])c1. The first-order valence-electron chi connectivity index (χ1n) is 15.3. The monoisotopic (exact) mass is 680 g/mol. The van der Waals surface area contributed by atoms with Gasteiger partial charge in [0.25, 0.3) is 5.09 Å². The minimum Gasteiger partial charge on any atom is -0.491 e. The third-order valence-electron chi connectivity index (χ3n) is 7.59. The maximum Gasteiger partial charge on any atom is 0.416 e. The fourth-order valence-electron chi connectivity index (χ4n) is 5.12. The van der Waals surface area contributed by atoms with Crippen molar-refractivity contribution < 1.29 is 57.5 Å². The number of nitrogens with one attached hydrogen (secondary N) is 1. The third-order valence-corrected chi connectivity index (χ3v) is 7.59. The van der Waals surface area contributed by atoms with Crippen LogP contribution in [0.1, 0.15) is 50.2 Å². The van der Waals surface area contributed by atoms with E-state index < -0.39 is 53.1 Å². The molecule has 0 saturated heterocycles. The van der Waals surface area contributed by atoms with E-state index in [2.05, 4.69) is 10.2 Å². The highest BCUT2D eigenvalue weighted by atomic mass is 19.4. The van der Waals surface area contributed by atoms with Crippen molar-refractivity contribution in [1.29, 1.82) is 0 Å². The molecular formula is C33H39F3N2O10. The molecule has 1 unspecified atom stereocenters. The van der Waals surface area contributed by atoms with Crippen LogP contribution in [0.25, 0.3) is 0 Å². The van der Waals surface area contributed by atoms with Gasteiger partial charge in [-0.25, -0.2) is 4.79 Å². The number of carbonyl (C=O) groups excluding carboxylic acids is 2. The second-order valence-electron chi connectivity index (χ2n) is 11.4. The van der Waals surface area contributed by atoms with E-state index in [1.165, 1.54) is 37.3 Å². The molecule has 12 nitrogen and oxygen atoms in total. The summed E-state index contributed by atoms with van der Waals surface area (Å²) in [5.74, 6) is -1.80. The summed E-state index contributed by atoms with van der Waals surface area (Å²) in [4.78, 5) is 39.4. The lowest BCUT2D eigenvalue weighted by molar-refractivity contribution is -0.763. The van der Waals surface area contributed by atoms with Gasteiger partial charge in [-0.2, -0.15) is 13.2 Å². The lowest BCUT2D eigenvalue weighted by atomic mass is 9.89. The molecule has 2 aromatic rings. The lowest BCUT2D eigenvalue weighted by Crippen LogP contribution is -2.40. The number of unbranched alkanes of at least 4 members (excludes halogenated alkanes) is 1. The molecule has 1 amide bonds. The van der Waals surface area contributed by atoms with Crippen LogP contribution in [0.2, 0.25) is 0 Å². The Morgan fingerprint density at radius 3 is 2.56 bits per heavy atom. The molecule has 262 valence electrons. The summed E-state index contributed by atoms with van der Waals surface area (Å²) in [6, 6.07) is 9.37. The number of hydrogen-bond acceptors (Lipinski definition) is 10. The van der Waals surface area contributed by atoms with Gasteiger partial charge < -0.3 is 34.9 Å². The summed E-state index contributed by atoms with van der Waals surface area (Å²) in [6.07, 6.45) is 1.01. The molecule has 0 bridgehead atoms. The fourth-order valence-corrected chi connectivity index (χ4v) is 5.12. The molecule has 15 heteroatoms. The molecule has 1 saturated carbocycles. The molecule has 4 N–H and O–H groups in total. The van der Waals surface area contributed by atoms with Gasteiger partial charge in [0.05, 0.1) is 17.8 Å². The average molecular weight is 681 g/mol. The van der Waals surface area contributed by atoms with Gasteiger partial charge in [0, 0.05) is 18.8 Å². The predicted octanol–water partition coefficient (Wildman–Crippen LogP) is 4.29. The minimum atomic E-state index is -4.52. The first-order chi connectivity index (χ1) is 22.7. The summed E-state index contributed by atoms with van der Waals surface area (Å²) in [7, 11) is 0. The average Bonchev–Trinajstić information content (AvgIpc) is 3.30. The summed E-state index contributed by atoms with van der Waals surface area (Å²) in [6.45, 7) is 0.852. The largest absolute Gasteiger partial charge is 0.491 e. The number of aliphatic hydroxyl groups excluding tert-OH is 3. The molecule has 3 rings (SSSR count). The van der Waals surface area contributed by atoms with Crippen LogP contribution in [0.4, 0.5) is 13.2 Å². The summed E-state index contributed by atoms with van der Waals surface area (Å²) in [5, 5.41) is 43.2.